The molecule has 5 heteroatoms. The molecular formula is C19H24N4O. The van der Waals surface area contributed by atoms with Crippen LogP contribution in [0.2, 0.25) is 0 Å². The third-order valence-electron chi connectivity index (χ3n) is 4.48. The minimum absolute atomic E-state index is 0.0489. The zero-order chi connectivity index (χ0) is 17.1. The zero-order valence-electron chi connectivity index (χ0n) is 14.6. The van der Waals surface area contributed by atoms with Gasteiger partial charge in [0.05, 0.1) is 0 Å². The molecule has 1 aliphatic rings. The largest absolute Gasteiger partial charge is 0.340 e. The van der Waals surface area contributed by atoms with E-state index in [0.29, 0.717) is 11.6 Å². The molecule has 2 heterocycles. The highest BCUT2D eigenvalue weighted by molar-refractivity contribution is 5.92. The summed E-state index contributed by atoms with van der Waals surface area (Å²) in [6.45, 7) is 5.02. The van der Waals surface area contributed by atoms with Gasteiger partial charge < -0.3 is 9.80 Å². The van der Waals surface area contributed by atoms with E-state index in [9.17, 15) is 4.79 Å². The van der Waals surface area contributed by atoms with Gasteiger partial charge >= 0.3 is 0 Å². The molecule has 0 saturated heterocycles. The Labute approximate surface area is 143 Å². The minimum Gasteiger partial charge on any atom is -0.340 e. The molecule has 1 aromatic carbocycles. The molecule has 0 saturated carbocycles. The maximum absolute atomic E-state index is 12.6. The number of rotatable bonds is 5. The summed E-state index contributed by atoms with van der Waals surface area (Å²) in [6, 6.07) is 10.3. The van der Waals surface area contributed by atoms with Crippen molar-refractivity contribution in [2.45, 2.75) is 39.2 Å². The van der Waals surface area contributed by atoms with Crippen molar-refractivity contribution in [2.75, 3.05) is 18.5 Å². The summed E-state index contributed by atoms with van der Waals surface area (Å²) in [5, 5.41) is 0. The van der Waals surface area contributed by atoms with Gasteiger partial charge in [0.15, 0.2) is 0 Å². The number of hydrogen-bond donors (Lipinski definition) is 0. The first-order chi connectivity index (χ1) is 11.6. The summed E-state index contributed by atoms with van der Waals surface area (Å²) in [5.74, 6) is 0.550. The van der Waals surface area contributed by atoms with Crippen LogP contribution in [0, 0.1) is 0 Å². The molecule has 0 bridgehead atoms. The average molecular weight is 324 g/mol. The average Bonchev–Trinajstić information content (AvgIpc) is 2.94. The predicted molar refractivity (Wildman–Crippen MR) is 95.6 cm³/mol. The number of aromatic nitrogens is 2. The SMILES string of the molecule is CCCCN(C)C(=O)c1ccnc(N2c3ccccc3CC2C)n1. The van der Waals surface area contributed by atoms with Gasteiger partial charge in [0.25, 0.3) is 5.91 Å². The quantitative estimate of drug-likeness (QED) is 0.845. The van der Waals surface area contributed by atoms with E-state index in [2.05, 4.69) is 46.9 Å². The Morgan fingerprint density at radius 1 is 1.33 bits per heavy atom. The van der Waals surface area contributed by atoms with E-state index in [0.717, 1.165) is 31.5 Å². The fraction of sp³-hybridized carbons (Fsp3) is 0.421. The number of unbranched alkanes of at least 4 members (excludes halogenated alkanes) is 1. The fourth-order valence-corrected chi connectivity index (χ4v) is 3.15. The number of carbonyl (C=O) groups is 1. The molecule has 0 N–H and O–H groups in total. The van der Waals surface area contributed by atoms with Crippen molar-refractivity contribution in [3.05, 3.63) is 47.8 Å². The lowest BCUT2D eigenvalue weighted by molar-refractivity contribution is 0.0787. The fourth-order valence-electron chi connectivity index (χ4n) is 3.15. The molecule has 5 nitrogen and oxygen atoms in total. The summed E-state index contributed by atoms with van der Waals surface area (Å²) < 4.78 is 0. The Kier molecular flexibility index (Phi) is 4.79. The molecule has 126 valence electrons. The molecule has 0 spiro atoms. The number of para-hydroxylation sites is 1. The van der Waals surface area contributed by atoms with Crippen molar-refractivity contribution in [2.24, 2.45) is 0 Å². The molecule has 1 aliphatic heterocycles. The van der Waals surface area contributed by atoms with Crippen LogP contribution in [-0.2, 0) is 6.42 Å². The van der Waals surface area contributed by atoms with Crippen molar-refractivity contribution in [1.82, 2.24) is 14.9 Å². The van der Waals surface area contributed by atoms with E-state index < -0.39 is 0 Å². The standard InChI is InChI=1S/C19H24N4O/c1-4-5-12-22(3)18(24)16-10-11-20-19(21-16)23-14(2)13-15-8-6-7-9-17(15)23/h6-11,14H,4-5,12-13H2,1-3H3. The van der Waals surface area contributed by atoms with Crippen LogP contribution >= 0.6 is 0 Å². The summed E-state index contributed by atoms with van der Waals surface area (Å²) >= 11 is 0. The van der Waals surface area contributed by atoms with Gasteiger partial charge in [-0.1, -0.05) is 31.5 Å². The van der Waals surface area contributed by atoms with E-state index in [1.165, 1.54) is 5.56 Å². The molecule has 24 heavy (non-hydrogen) atoms. The van der Waals surface area contributed by atoms with Crippen molar-refractivity contribution in [3.8, 4) is 0 Å². The number of hydrogen-bond acceptors (Lipinski definition) is 4. The molecule has 3 rings (SSSR count). The third-order valence-corrected chi connectivity index (χ3v) is 4.48. The van der Waals surface area contributed by atoms with Gasteiger partial charge in [-0.2, -0.15) is 0 Å². The van der Waals surface area contributed by atoms with Crippen LogP contribution < -0.4 is 4.90 Å². The first kappa shape index (κ1) is 16.4. The number of fused-ring (bicyclic) bond motifs is 1. The van der Waals surface area contributed by atoms with E-state index in [1.807, 2.05) is 13.1 Å². The monoisotopic (exact) mass is 324 g/mol. The maximum atomic E-state index is 12.6. The van der Waals surface area contributed by atoms with Gasteiger partial charge in [-0.25, -0.2) is 9.97 Å². The Bertz CT molecular complexity index is 731. The predicted octanol–water partition coefficient (Wildman–Crippen LogP) is 3.43. The number of carbonyl (C=O) groups excluding carboxylic acids is 1. The second-order valence-electron chi connectivity index (χ2n) is 6.37. The van der Waals surface area contributed by atoms with Crippen molar-refractivity contribution in [1.29, 1.82) is 0 Å². The number of amides is 1. The van der Waals surface area contributed by atoms with Gasteiger partial charge in [-0.3, -0.25) is 4.79 Å². The molecule has 1 atom stereocenters. The lowest BCUT2D eigenvalue weighted by Crippen LogP contribution is -2.30. The van der Waals surface area contributed by atoms with Crippen LogP contribution in [0.25, 0.3) is 0 Å². The van der Waals surface area contributed by atoms with E-state index in [1.54, 1.807) is 17.2 Å². The lowest BCUT2D eigenvalue weighted by Gasteiger charge is -2.23. The Hall–Kier alpha value is -2.43. The number of nitrogens with zero attached hydrogens (tertiary/aromatic N) is 4. The molecule has 2 aromatic rings. The van der Waals surface area contributed by atoms with Crippen LogP contribution in [0.3, 0.4) is 0 Å². The molecule has 1 amide bonds. The van der Waals surface area contributed by atoms with Gasteiger partial charge in [-0.15, -0.1) is 0 Å². The van der Waals surface area contributed by atoms with Gasteiger partial charge in [0, 0.05) is 31.5 Å². The minimum atomic E-state index is -0.0489. The highest BCUT2D eigenvalue weighted by atomic mass is 16.2. The van der Waals surface area contributed by atoms with Crippen LogP contribution in [0.4, 0.5) is 11.6 Å². The summed E-state index contributed by atoms with van der Waals surface area (Å²) in [4.78, 5) is 25.4. The normalized spacial score (nSPS) is 16.1. The Morgan fingerprint density at radius 2 is 2.12 bits per heavy atom. The summed E-state index contributed by atoms with van der Waals surface area (Å²) in [7, 11) is 1.83. The Balaban J connectivity index is 1.87. The smallest absolute Gasteiger partial charge is 0.272 e. The van der Waals surface area contributed by atoms with E-state index in [4.69, 9.17) is 0 Å². The Morgan fingerprint density at radius 3 is 2.92 bits per heavy atom. The van der Waals surface area contributed by atoms with E-state index in [-0.39, 0.29) is 11.9 Å². The van der Waals surface area contributed by atoms with Crippen LogP contribution in [-0.4, -0.2) is 40.4 Å². The van der Waals surface area contributed by atoms with Crippen LogP contribution in [0.1, 0.15) is 42.7 Å². The third kappa shape index (κ3) is 3.11. The second-order valence-corrected chi connectivity index (χ2v) is 6.37. The number of benzene rings is 1. The zero-order valence-corrected chi connectivity index (χ0v) is 14.6. The van der Waals surface area contributed by atoms with Gasteiger partial charge in [0.1, 0.15) is 5.69 Å². The van der Waals surface area contributed by atoms with Crippen LogP contribution in [0.15, 0.2) is 36.5 Å². The molecular weight excluding hydrogens is 300 g/mol. The van der Waals surface area contributed by atoms with Crippen LogP contribution in [0.5, 0.6) is 0 Å². The summed E-state index contributed by atoms with van der Waals surface area (Å²) in [6.07, 6.45) is 4.70. The van der Waals surface area contributed by atoms with E-state index >= 15 is 0 Å². The molecule has 1 unspecified atom stereocenters. The van der Waals surface area contributed by atoms with Crippen molar-refractivity contribution in [3.63, 3.8) is 0 Å². The molecule has 0 fully saturated rings. The first-order valence-corrected chi connectivity index (χ1v) is 8.57. The molecule has 0 radical (unpaired) electrons. The first-order valence-electron chi connectivity index (χ1n) is 8.57. The summed E-state index contributed by atoms with van der Waals surface area (Å²) in [5.41, 5.74) is 2.88. The second kappa shape index (κ2) is 6.99. The van der Waals surface area contributed by atoms with Crippen molar-refractivity contribution >= 4 is 17.5 Å². The number of anilines is 2. The molecule has 0 aliphatic carbocycles. The van der Waals surface area contributed by atoms with Gasteiger partial charge in [-0.05, 0) is 37.5 Å². The van der Waals surface area contributed by atoms with Gasteiger partial charge in [0.2, 0.25) is 5.95 Å². The lowest BCUT2D eigenvalue weighted by atomic mass is 10.1. The topological polar surface area (TPSA) is 49.3 Å². The maximum Gasteiger partial charge on any atom is 0.272 e. The highest BCUT2D eigenvalue weighted by Gasteiger charge is 2.29. The molecule has 1 aromatic heterocycles. The highest BCUT2D eigenvalue weighted by Crippen LogP contribution is 2.36. The van der Waals surface area contributed by atoms with Crippen molar-refractivity contribution < 1.29 is 4.79 Å².